The highest BCUT2D eigenvalue weighted by molar-refractivity contribution is 7.91. The van der Waals surface area contributed by atoms with Crippen LogP contribution in [0.2, 0.25) is 0 Å². The average molecular weight is 249 g/mol. The summed E-state index contributed by atoms with van der Waals surface area (Å²) >= 11 is 0. The molecular weight excluding hydrogens is 222 g/mol. The highest BCUT2D eigenvalue weighted by Gasteiger charge is 2.23. The molecule has 0 aromatic rings. The molecule has 0 aromatic heterocycles. The summed E-state index contributed by atoms with van der Waals surface area (Å²) in [5.74, 6) is 1.13. The molecule has 1 N–H and O–H groups in total. The molecule has 0 aliphatic carbocycles. The van der Waals surface area contributed by atoms with Crippen LogP contribution in [0.5, 0.6) is 0 Å². The Morgan fingerprint density at radius 2 is 1.81 bits per heavy atom. The van der Waals surface area contributed by atoms with Gasteiger partial charge in [0.05, 0.1) is 5.75 Å². The summed E-state index contributed by atoms with van der Waals surface area (Å²) in [5.41, 5.74) is 0.235. The summed E-state index contributed by atoms with van der Waals surface area (Å²) in [6.45, 7) is 9.30. The first-order chi connectivity index (χ1) is 7.23. The Kier molecular flexibility index (Phi) is 6.56. The fraction of sp³-hybridized carbons (Fsp3) is 1.00. The van der Waals surface area contributed by atoms with Crippen LogP contribution in [0.3, 0.4) is 0 Å². The molecule has 0 rings (SSSR count). The standard InChI is InChI=1S/C12H27NO2S/c1-6-16(14,15)9-7-8-11(10-13-5)12(2,3)4/h11,13H,6-10H2,1-5H3. The van der Waals surface area contributed by atoms with Gasteiger partial charge >= 0.3 is 0 Å². The lowest BCUT2D eigenvalue weighted by Crippen LogP contribution is -2.30. The molecule has 16 heavy (non-hydrogen) atoms. The van der Waals surface area contributed by atoms with Crippen LogP contribution < -0.4 is 5.32 Å². The zero-order valence-electron chi connectivity index (χ0n) is 11.3. The molecule has 0 aromatic carbocycles. The smallest absolute Gasteiger partial charge is 0.150 e. The second kappa shape index (κ2) is 6.60. The van der Waals surface area contributed by atoms with Gasteiger partial charge in [-0.3, -0.25) is 0 Å². The summed E-state index contributed by atoms with van der Waals surface area (Å²) < 4.78 is 22.7. The van der Waals surface area contributed by atoms with Crippen molar-refractivity contribution >= 4 is 9.84 Å². The second-order valence-electron chi connectivity index (χ2n) is 5.50. The van der Waals surface area contributed by atoms with E-state index in [0.717, 1.165) is 19.4 Å². The molecule has 0 fully saturated rings. The van der Waals surface area contributed by atoms with E-state index in [0.29, 0.717) is 11.7 Å². The summed E-state index contributed by atoms with van der Waals surface area (Å²) in [5, 5.41) is 3.19. The predicted molar refractivity (Wildman–Crippen MR) is 70.4 cm³/mol. The van der Waals surface area contributed by atoms with Crippen molar-refractivity contribution in [2.24, 2.45) is 11.3 Å². The second-order valence-corrected chi connectivity index (χ2v) is 7.97. The van der Waals surface area contributed by atoms with Gasteiger partial charge in [-0.25, -0.2) is 8.42 Å². The van der Waals surface area contributed by atoms with Gasteiger partial charge in [0.2, 0.25) is 0 Å². The lowest BCUT2D eigenvalue weighted by atomic mass is 9.78. The van der Waals surface area contributed by atoms with Gasteiger partial charge in [-0.1, -0.05) is 27.7 Å². The number of sulfone groups is 1. The topological polar surface area (TPSA) is 46.2 Å². The van der Waals surface area contributed by atoms with Gasteiger partial charge in [-0.05, 0) is 37.8 Å². The van der Waals surface area contributed by atoms with Gasteiger partial charge in [0.25, 0.3) is 0 Å². The highest BCUT2D eigenvalue weighted by atomic mass is 32.2. The minimum Gasteiger partial charge on any atom is -0.319 e. The van der Waals surface area contributed by atoms with E-state index < -0.39 is 9.84 Å². The molecule has 0 bridgehead atoms. The lowest BCUT2D eigenvalue weighted by Gasteiger charge is -2.30. The molecule has 0 aliphatic heterocycles. The van der Waals surface area contributed by atoms with Crippen LogP contribution in [0.15, 0.2) is 0 Å². The normalized spacial score (nSPS) is 15.1. The van der Waals surface area contributed by atoms with E-state index >= 15 is 0 Å². The van der Waals surface area contributed by atoms with Crippen molar-refractivity contribution in [2.45, 2.75) is 40.5 Å². The highest BCUT2D eigenvalue weighted by Crippen LogP contribution is 2.29. The van der Waals surface area contributed by atoms with Crippen molar-refractivity contribution in [3.05, 3.63) is 0 Å². The molecule has 0 heterocycles. The van der Waals surface area contributed by atoms with Crippen LogP contribution in [-0.2, 0) is 9.84 Å². The Morgan fingerprint density at radius 3 is 2.19 bits per heavy atom. The molecule has 0 saturated heterocycles. The third-order valence-corrected chi connectivity index (χ3v) is 4.91. The molecule has 0 saturated carbocycles. The van der Waals surface area contributed by atoms with Crippen molar-refractivity contribution < 1.29 is 8.42 Å². The molecule has 0 radical (unpaired) electrons. The molecule has 1 unspecified atom stereocenters. The molecule has 1 atom stereocenters. The molecule has 4 heteroatoms. The minimum atomic E-state index is -2.80. The van der Waals surface area contributed by atoms with Crippen molar-refractivity contribution in [3.8, 4) is 0 Å². The van der Waals surface area contributed by atoms with Crippen LogP contribution in [0.25, 0.3) is 0 Å². The van der Waals surface area contributed by atoms with Crippen molar-refractivity contribution in [2.75, 3.05) is 25.1 Å². The number of hydrogen-bond acceptors (Lipinski definition) is 3. The maximum absolute atomic E-state index is 11.4. The summed E-state index contributed by atoms with van der Waals surface area (Å²) in [7, 11) is -0.850. The lowest BCUT2D eigenvalue weighted by molar-refractivity contribution is 0.221. The Morgan fingerprint density at radius 1 is 1.25 bits per heavy atom. The van der Waals surface area contributed by atoms with Crippen molar-refractivity contribution in [1.82, 2.24) is 5.32 Å². The molecule has 0 amide bonds. The number of rotatable bonds is 7. The Hall–Kier alpha value is -0.0900. The SMILES string of the molecule is CCS(=O)(=O)CCCC(CNC)C(C)(C)C. The predicted octanol–water partition coefficient (Wildman–Crippen LogP) is 2.08. The number of hydrogen-bond donors (Lipinski definition) is 1. The maximum Gasteiger partial charge on any atom is 0.150 e. The van der Waals surface area contributed by atoms with Gasteiger partial charge in [-0.15, -0.1) is 0 Å². The molecule has 3 nitrogen and oxygen atoms in total. The van der Waals surface area contributed by atoms with E-state index in [9.17, 15) is 8.42 Å². The summed E-state index contributed by atoms with van der Waals surface area (Å²) in [6, 6.07) is 0. The summed E-state index contributed by atoms with van der Waals surface area (Å²) in [6.07, 6.45) is 1.75. The van der Waals surface area contributed by atoms with E-state index in [1.54, 1.807) is 6.92 Å². The third kappa shape index (κ3) is 6.48. The van der Waals surface area contributed by atoms with Crippen LogP contribution in [0.1, 0.15) is 40.5 Å². The molecule has 98 valence electrons. The Labute approximate surface area is 101 Å². The van der Waals surface area contributed by atoms with Crippen LogP contribution >= 0.6 is 0 Å². The largest absolute Gasteiger partial charge is 0.319 e. The Balaban J connectivity index is 4.14. The quantitative estimate of drug-likeness (QED) is 0.751. The van der Waals surface area contributed by atoms with Gasteiger partial charge in [0, 0.05) is 5.75 Å². The first-order valence-corrected chi connectivity index (χ1v) is 7.90. The van der Waals surface area contributed by atoms with E-state index in [-0.39, 0.29) is 11.2 Å². The van der Waals surface area contributed by atoms with Gasteiger partial charge in [0.1, 0.15) is 9.84 Å². The van der Waals surface area contributed by atoms with Crippen LogP contribution in [-0.4, -0.2) is 33.5 Å². The summed E-state index contributed by atoms with van der Waals surface area (Å²) in [4.78, 5) is 0. The zero-order chi connectivity index (χ0) is 12.8. The minimum absolute atomic E-state index is 0.235. The molecule has 0 spiro atoms. The zero-order valence-corrected chi connectivity index (χ0v) is 12.2. The van der Waals surface area contributed by atoms with Gasteiger partial charge < -0.3 is 5.32 Å². The maximum atomic E-state index is 11.4. The van der Waals surface area contributed by atoms with E-state index in [1.165, 1.54) is 0 Å². The van der Waals surface area contributed by atoms with E-state index in [2.05, 4.69) is 26.1 Å². The number of nitrogens with one attached hydrogen (secondary N) is 1. The van der Waals surface area contributed by atoms with Crippen LogP contribution in [0.4, 0.5) is 0 Å². The van der Waals surface area contributed by atoms with E-state index in [1.807, 2.05) is 7.05 Å². The molecule has 0 aliphatic rings. The van der Waals surface area contributed by atoms with Gasteiger partial charge in [-0.2, -0.15) is 0 Å². The fourth-order valence-electron chi connectivity index (χ4n) is 1.78. The van der Waals surface area contributed by atoms with Crippen molar-refractivity contribution in [1.29, 1.82) is 0 Å². The van der Waals surface area contributed by atoms with Gasteiger partial charge in [0.15, 0.2) is 0 Å². The fourth-order valence-corrected chi connectivity index (χ4v) is 2.68. The van der Waals surface area contributed by atoms with Crippen molar-refractivity contribution in [3.63, 3.8) is 0 Å². The monoisotopic (exact) mass is 249 g/mol. The van der Waals surface area contributed by atoms with Crippen LogP contribution in [0, 0.1) is 11.3 Å². The Bertz CT molecular complexity index is 278. The molecular formula is C12H27NO2S. The third-order valence-electron chi connectivity index (χ3n) is 3.12. The first kappa shape index (κ1) is 15.9. The average Bonchev–Trinajstić information content (AvgIpc) is 2.15. The first-order valence-electron chi connectivity index (χ1n) is 6.08. The van der Waals surface area contributed by atoms with E-state index in [4.69, 9.17) is 0 Å².